The first-order valence-electron chi connectivity index (χ1n) is 5.11. The first-order valence-corrected chi connectivity index (χ1v) is 5.90. The summed E-state index contributed by atoms with van der Waals surface area (Å²) in [5, 5.41) is 0. The van der Waals surface area contributed by atoms with Crippen LogP contribution < -0.4 is 5.73 Å². The van der Waals surface area contributed by atoms with Gasteiger partial charge in [0.2, 0.25) is 0 Å². The van der Waals surface area contributed by atoms with Gasteiger partial charge in [0.1, 0.15) is 5.82 Å². The smallest absolute Gasteiger partial charge is 0.109 e. The first kappa shape index (κ1) is 10.5. The highest BCUT2D eigenvalue weighted by atomic mass is 79.9. The molecule has 15 heavy (non-hydrogen) atoms. The normalized spacial score (nSPS) is 11.1. The van der Waals surface area contributed by atoms with E-state index in [1.165, 1.54) is 0 Å². The summed E-state index contributed by atoms with van der Waals surface area (Å²) in [5.41, 5.74) is 8.77. The second-order valence-corrected chi connectivity index (χ2v) is 4.34. The van der Waals surface area contributed by atoms with Crippen molar-refractivity contribution < 1.29 is 0 Å². The third-order valence-corrected chi connectivity index (χ3v) is 3.26. The molecule has 0 radical (unpaired) electrons. The maximum Gasteiger partial charge on any atom is 0.109 e. The van der Waals surface area contributed by atoms with Crippen LogP contribution in [0.25, 0.3) is 11.0 Å². The van der Waals surface area contributed by atoms with E-state index in [2.05, 4.69) is 39.3 Å². The van der Waals surface area contributed by atoms with Crippen LogP contribution >= 0.6 is 15.9 Å². The zero-order valence-electron chi connectivity index (χ0n) is 8.92. The maximum absolute atomic E-state index is 5.87. The molecule has 0 aliphatic rings. The van der Waals surface area contributed by atoms with Gasteiger partial charge in [-0.05, 0) is 35.0 Å². The van der Waals surface area contributed by atoms with Crippen molar-refractivity contribution in [3.8, 4) is 0 Å². The van der Waals surface area contributed by atoms with Gasteiger partial charge in [-0.15, -0.1) is 0 Å². The molecule has 0 aliphatic carbocycles. The van der Waals surface area contributed by atoms with Crippen molar-refractivity contribution in [1.82, 2.24) is 9.55 Å². The number of nitrogens with two attached hydrogens (primary N) is 1. The fourth-order valence-corrected chi connectivity index (χ4v) is 2.17. The fraction of sp³-hybridized carbons (Fsp3) is 0.364. The minimum atomic E-state index is 0.764. The van der Waals surface area contributed by atoms with Crippen LogP contribution in [-0.2, 0) is 13.0 Å². The molecule has 0 saturated carbocycles. The fourth-order valence-electron chi connectivity index (χ4n) is 1.83. The molecule has 1 aromatic carbocycles. The van der Waals surface area contributed by atoms with E-state index < -0.39 is 0 Å². The summed E-state index contributed by atoms with van der Waals surface area (Å²) in [5.74, 6) is 1.12. The SMILES string of the molecule is CCc1nc2cc(Br)c(N)cc2n1CC. The van der Waals surface area contributed by atoms with Crippen LogP contribution in [0, 0.1) is 0 Å². The van der Waals surface area contributed by atoms with Crippen LogP contribution in [0.5, 0.6) is 0 Å². The van der Waals surface area contributed by atoms with Gasteiger partial charge < -0.3 is 10.3 Å². The van der Waals surface area contributed by atoms with Crippen molar-refractivity contribution in [2.24, 2.45) is 0 Å². The van der Waals surface area contributed by atoms with Gasteiger partial charge in [0, 0.05) is 23.1 Å². The Kier molecular flexibility index (Phi) is 2.69. The van der Waals surface area contributed by atoms with E-state index in [1.807, 2.05) is 12.1 Å². The van der Waals surface area contributed by atoms with Crippen LogP contribution in [0.2, 0.25) is 0 Å². The Balaban J connectivity index is 2.77. The van der Waals surface area contributed by atoms with Gasteiger partial charge >= 0.3 is 0 Å². The number of imidazole rings is 1. The average molecular weight is 268 g/mol. The predicted octanol–water partition coefficient (Wildman–Crippen LogP) is 2.96. The van der Waals surface area contributed by atoms with Gasteiger partial charge in [0.25, 0.3) is 0 Å². The molecule has 0 amide bonds. The number of nitrogens with zero attached hydrogens (tertiary/aromatic N) is 2. The summed E-state index contributed by atoms with van der Waals surface area (Å²) in [6.45, 7) is 5.17. The van der Waals surface area contributed by atoms with E-state index in [0.29, 0.717) is 0 Å². The highest BCUT2D eigenvalue weighted by Gasteiger charge is 2.09. The minimum Gasteiger partial charge on any atom is -0.398 e. The van der Waals surface area contributed by atoms with Crippen LogP contribution in [0.4, 0.5) is 5.69 Å². The Labute approximate surface area is 97.4 Å². The van der Waals surface area contributed by atoms with Crippen LogP contribution in [0.15, 0.2) is 16.6 Å². The van der Waals surface area contributed by atoms with Gasteiger partial charge in [-0.2, -0.15) is 0 Å². The van der Waals surface area contributed by atoms with E-state index in [4.69, 9.17) is 5.73 Å². The topological polar surface area (TPSA) is 43.8 Å². The van der Waals surface area contributed by atoms with Crippen molar-refractivity contribution in [3.63, 3.8) is 0 Å². The number of fused-ring (bicyclic) bond motifs is 1. The molecular weight excluding hydrogens is 254 g/mol. The highest BCUT2D eigenvalue weighted by Crippen LogP contribution is 2.26. The van der Waals surface area contributed by atoms with Crippen molar-refractivity contribution >= 4 is 32.7 Å². The third kappa shape index (κ3) is 1.63. The highest BCUT2D eigenvalue weighted by molar-refractivity contribution is 9.10. The molecule has 0 spiro atoms. The number of halogens is 1. The Morgan fingerprint density at radius 1 is 1.40 bits per heavy atom. The second kappa shape index (κ2) is 3.85. The zero-order valence-corrected chi connectivity index (χ0v) is 10.5. The lowest BCUT2D eigenvalue weighted by Gasteiger charge is -2.04. The number of rotatable bonds is 2. The molecule has 0 saturated heterocycles. The average Bonchev–Trinajstić information content (AvgIpc) is 2.56. The lowest BCUT2D eigenvalue weighted by atomic mass is 10.3. The molecule has 1 heterocycles. The van der Waals surface area contributed by atoms with Gasteiger partial charge in [0.15, 0.2) is 0 Å². The van der Waals surface area contributed by atoms with Crippen LogP contribution in [0.1, 0.15) is 19.7 Å². The lowest BCUT2D eigenvalue weighted by molar-refractivity contribution is 0.726. The second-order valence-electron chi connectivity index (χ2n) is 3.49. The van der Waals surface area contributed by atoms with E-state index in [1.54, 1.807) is 0 Å². The van der Waals surface area contributed by atoms with Crippen molar-refractivity contribution in [2.45, 2.75) is 26.8 Å². The molecule has 4 heteroatoms. The number of aryl methyl sites for hydroxylation is 2. The molecule has 0 atom stereocenters. The molecule has 0 fully saturated rings. The Hall–Kier alpha value is -1.03. The van der Waals surface area contributed by atoms with Gasteiger partial charge in [-0.1, -0.05) is 6.92 Å². The quantitative estimate of drug-likeness (QED) is 0.851. The van der Waals surface area contributed by atoms with Gasteiger partial charge in [0.05, 0.1) is 11.0 Å². The molecule has 0 unspecified atom stereocenters. The van der Waals surface area contributed by atoms with E-state index >= 15 is 0 Å². The number of hydrogen-bond donors (Lipinski definition) is 1. The van der Waals surface area contributed by atoms with Crippen molar-refractivity contribution in [3.05, 3.63) is 22.4 Å². The van der Waals surface area contributed by atoms with Crippen LogP contribution in [0.3, 0.4) is 0 Å². The molecule has 1 aromatic heterocycles. The van der Waals surface area contributed by atoms with E-state index in [0.717, 1.165) is 40.0 Å². The lowest BCUT2D eigenvalue weighted by Crippen LogP contribution is -2.00. The summed E-state index contributed by atoms with van der Waals surface area (Å²) in [6, 6.07) is 3.96. The molecule has 2 aromatic rings. The molecular formula is C11H14BrN3. The third-order valence-electron chi connectivity index (χ3n) is 2.58. The number of nitrogen functional groups attached to an aromatic ring is 1. The van der Waals surface area contributed by atoms with Crippen LogP contribution in [-0.4, -0.2) is 9.55 Å². The first-order chi connectivity index (χ1) is 7.17. The summed E-state index contributed by atoms with van der Waals surface area (Å²) in [6.07, 6.45) is 0.944. The molecule has 2 N–H and O–H groups in total. The molecule has 2 rings (SSSR count). The Bertz CT molecular complexity index is 502. The largest absolute Gasteiger partial charge is 0.398 e. The predicted molar refractivity (Wildman–Crippen MR) is 66.9 cm³/mol. The van der Waals surface area contributed by atoms with E-state index in [-0.39, 0.29) is 0 Å². The Morgan fingerprint density at radius 2 is 2.13 bits per heavy atom. The molecule has 3 nitrogen and oxygen atoms in total. The summed E-state index contributed by atoms with van der Waals surface area (Å²) in [4.78, 5) is 4.58. The summed E-state index contributed by atoms with van der Waals surface area (Å²) >= 11 is 3.42. The van der Waals surface area contributed by atoms with E-state index in [9.17, 15) is 0 Å². The number of benzene rings is 1. The maximum atomic E-state index is 5.87. The molecule has 0 bridgehead atoms. The van der Waals surface area contributed by atoms with Gasteiger partial charge in [-0.3, -0.25) is 0 Å². The number of hydrogen-bond acceptors (Lipinski definition) is 2. The summed E-state index contributed by atoms with van der Waals surface area (Å²) < 4.78 is 3.12. The number of anilines is 1. The monoisotopic (exact) mass is 267 g/mol. The molecule has 80 valence electrons. The zero-order chi connectivity index (χ0) is 11.0. The molecule has 0 aliphatic heterocycles. The van der Waals surface area contributed by atoms with Gasteiger partial charge in [-0.25, -0.2) is 4.98 Å². The van der Waals surface area contributed by atoms with Crippen molar-refractivity contribution in [1.29, 1.82) is 0 Å². The Morgan fingerprint density at radius 3 is 2.73 bits per heavy atom. The standard InChI is InChI=1S/C11H14BrN3/c1-3-11-14-9-5-7(12)8(13)6-10(9)15(11)4-2/h5-6H,3-4,13H2,1-2H3. The number of aromatic nitrogens is 2. The minimum absolute atomic E-state index is 0.764. The summed E-state index contributed by atoms with van der Waals surface area (Å²) in [7, 11) is 0. The van der Waals surface area contributed by atoms with Crippen molar-refractivity contribution in [2.75, 3.05) is 5.73 Å².